The second-order valence-corrected chi connectivity index (χ2v) is 5.59. The Labute approximate surface area is 132 Å². The van der Waals surface area contributed by atoms with Crippen LogP contribution in [-0.4, -0.2) is 37.5 Å². The second-order valence-electron chi connectivity index (χ2n) is 5.59. The third-order valence-corrected chi connectivity index (χ3v) is 4.12. The lowest BCUT2D eigenvalue weighted by Gasteiger charge is -2.32. The first kappa shape index (κ1) is 17.9. The van der Waals surface area contributed by atoms with Crippen molar-refractivity contribution < 1.29 is 9.18 Å². The zero-order valence-corrected chi connectivity index (χ0v) is 13.5. The Kier molecular flexibility index (Phi) is 7.12. The number of nitrogens with one attached hydrogen (secondary N) is 1. The third kappa shape index (κ3) is 4.68. The average Bonchev–Trinajstić information content (AvgIpc) is 2.48. The molecule has 1 heterocycles. The number of piperidine rings is 1. The molecule has 1 N–H and O–H groups in total. The summed E-state index contributed by atoms with van der Waals surface area (Å²) in [6.45, 7) is 4.30. The highest BCUT2D eigenvalue weighted by Gasteiger charge is 2.23. The Morgan fingerprint density at radius 2 is 2.05 bits per heavy atom. The van der Waals surface area contributed by atoms with E-state index in [1.165, 1.54) is 6.07 Å². The van der Waals surface area contributed by atoms with Crippen molar-refractivity contribution in [1.82, 2.24) is 10.2 Å². The Balaban J connectivity index is 0.00000220. The van der Waals surface area contributed by atoms with Gasteiger partial charge in [0.05, 0.1) is 0 Å². The summed E-state index contributed by atoms with van der Waals surface area (Å²) in [5, 5.41) is 3.16. The highest BCUT2D eigenvalue weighted by atomic mass is 35.5. The number of hydrogen-bond donors (Lipinski definition) is 1. The smallest absolute Gasteiger partial charge is 0.253 e. The lowest BCUT2D eigenvalue weighted by atomic mass is 9.93. The summed E-state index contributed by atoms with van der Waals surface area (Å²) >= 11 is 0. The molecule has 1 amide bonds. The number of rotatable bonds is 4. The molecule has 1 aliphatic rings. The molecule has 3 nitrogen and oxygen atoms in total. The Morgan fingerprint density at radius 1 is 1.38 bits per heavy atom. The molecule has 118 valence electrons. The van der Waals surface area contributed by atoms with Crippen molar-refractivity contribution in [3.63, 3.8) is 0 Å². The summed E-state index contributed by atoms with van der Waals surface area (Å²) < 4.78 is 13.5. The number of aryl methyl sites for hydroxylation is 1. The van der Waals surface area contributed by atoms with Crippen LogP contribution in [0.5, 0.6) is 0 Å². The van der Waals surface area contributed by atoms with Gasteiger partial charge in [0.2, 0.25) is 0 Å². The van der Waals surface area contributed by atoms with Crippen molar-refractivity contribution >= 4 is 18.3 Å². The predicted octanol–water partition coefficient (Wildman–Crippen LogP) is 3.02. The maximum atomic E-state index is 13.5. The summed E-state index contributed by atoms with van der Waals surface area (Å²) in [6.07, 6.45) is 3.25. The van der Waals surface area contributed by atoms with Crippen LogP contribution in [-0.2, 0) is 0 Å². The first-order valence-electron chi connectivity index (χ1n) is 7.32. The number of amides is 1. The topological polar surface area (TPSA) is 32.3 Å². The predicted molar refractivity (Wildman–Crippen MR) is 85.6 cm³/mol. The van der Waals surface area contributed by atoms with Crippen molar-refractivity contribution in [2.45, 2.75) is 26.2 Å². The van der Waals surface area contributed by atoms with Crippen molar-refractivity contribution in [1.29, 1.82) is 0 Å². The van der Waals surface area contributed by atoms with Crippen LogP contribution in [0.4, 0.5) is 4.39 Å². The first-order chi connectivity index (χ1) is 9.61. The molecule has 1 saturated heterocycles. The van der Waals surface area contributed by atoms with Crippen LogP contribution in [0, 0.1) is 18.7 Å². The van der Waals surface area contributed by atoms with E-state index in [-0.39, 0.29) is 24.1 Å². The van der Waals surface area contributed by atoms with Crippen LogP contribution in [0.2, 0.25) is 0 Å². The molecule has 1 aromatic carbocycles. The molecule has 0 unspecified atom stereocenters. The van der Waals surface area contributed by atoms with E-state index in [0.29, 0.717) is 17.0 Å². The minimum absolute atomic E-state index is 0. The molecule has 0 saturated carbocycles. The van der Waals surface area contributed by atoms with Crippen molar-refractivity contribution in [2.24, 2.45) is 5.92 Å². The summed E-state index contributed by atoms with van der Waals surface area (Å²) in [5.41, 5.74) is 1.04. The van der Waals surface area contributed by atoms with Crippen LogP contribution < -0.4 is 5.32 Å². The maximum Gasteiger partial charge on any atom is 0.253 e. The molecule has 0 radical (unpaired) electrons. The zero-order chi connectivity index (χ0) is 14.5. The lowest BCUT2D eigenvalue weighted by molar-refractivity contribution is 0.0686. The number of carbonyl (C=O) groups excluding carboxylic acids is 1. The molecule has 1 fully saturated rings. The van der Waals surface area contributed by atoms with Gasteiger partial charge in [-0.15, -0.1) is 12.4 Å². The lowest BCUT2D eigenvalue weighted by Crippen LogP contribution is -2.39. The number of nitrogens with zero attached hydrogens (tertiary/aromatic N) is 1. The summed E-state index contributed by atoms with van der Waals surface area (Å²) in [5.74, 6) is 0.344. The number of benzene rings is 1. The molecule has 0 atom stereocenters. The summed E-state index contributed by atoms with van der Waals surface area (Å²) in [6, 6.07) is 4.74. The Bertz CT molecular complexity index is 473. The van der Waals surface area contributed by atoms with E-state index in [0.717, 1.165) is 38.9 Å². The van der Waals surface area contributed by atoms with Gasteiger partial charge >= 0.3 is 0 Å². The maximum absolute atomic E-state index is 13.5. The van der Waals surface area contributed by atoms with E-state index in [4.69, 9.17) is 0 Å². The number of halogens is 2. The largest absolute Gasteiger partial charge is 0.339 e. The van der Waals surface area contributed by atoms with Gasteiger partial charge in [0, 0.05) is 18.7 Å². The first-order valence-corrected chi connectivity index (χ1v) is 7.32. The number of likely N-dealkylation sites (tertiary alicyclic amines) is 1. The standard InChI is InChI=1S/C16H23FN2O.ClH/c1-12-3-4-14(11-15(12)17)16(20)19-9-6-13(7-10-19)5-8-18-2;/h3-4,11,13,18H,5-10H2,1-2H3;1H. The van der Waals surface area contributed by atoms with Gasteiger partial charge in [0.25, 0.3) is 5.91 Å². The van der Waals surface area contributed by atoms with E-state index in [1.807, 2.05) is 11.9 Å². The van der Waals surface area contributed by atoms with Gasteiger partial charge in [-0.1, -0.05) is 6.07 Å². The summed E-state index contributed by atoms with van der Waals surface area (Å²) in [4.78, 5) is 14.2. The fourth-order valence-corrected chi connectivity index (χ4v) is 2.68. The van der Waals surface area contributed by atoms with Gasteiger partial charge in [-0.3, -0.25) is 4.79 Å². The SMILES string of the molecule is CNCCC1CCN(C(=O)c2ccc(C)c(F)c2)CC1.Cl. The third-order valence-electron chi connectivity index (χ3n) is 4.12. The second kappa shape index (κ2) is 8.35. The van der Waals surface area contributed by atoms with Crippen molar-refractivity contribution in [3.8, 4) is 0 Å². The highest BCUT2D eigenvalue weighted by molar-refractivity contribution is 5.94. The van der Waals surface area contributed by atoms with Crippen molar-refractivity contribution in [2.75, 3.05) is 26.7 Å². The van der Waals surface area contributed by atoms with Gasteiger partial charge in [-0.05, 0) is 63.4 Å². The molecule has 1 aliphatic heterocycles. The zero-order valence-electron chi connectivity index (χ0n) is 12.7. The minimum atomic E-state index is -0.306. The molecule has 0 spiro atoms. The van der Waals surface area contributed by atoms with Gasteiger partial charge in [-0.25, -0.2) is 4.39 Å². The number of hydrogen-bond acceptors (Lipinski definition) is 2. The van der Waals surface area contributed by atoms with Crippen LogP contribution >= 0.6 is 12.4 Å². The van der Waals surface area contributed by atoms with Crippen molar-refractivity contribution in [3.05, 3.63) is 35.1 Å². The van der Waals surface area contributed by atoms with Gasteiger partial charge in [0.15, 0.2) is 0 Å². The summed E-state index contributed by atoms with van der Waals surface area (Å²) in [7, 11) is 1.96. The molecule has 1 aromatic rings. The Hall–Kier alpha value is -1.13. The van der Waals surface area contributed by atoms with E-state index >= 15 is 0 Å². The van der Waals surface area contributed by atoms with Crippen LogP contribution in [0.15, 0.2) is 18.2 Å². The number of carbonyl (C=O) groups is 1. The molecule has 0 bridgehead atoms. The fourth-order valence-electron chi connectivity index (χ4n) is 2.68. The van der Waals surface area contributed by atoms with Crippen LogP contribution in [0.25, 0.3) is 0 Å². The van der Waals surface area contributed by atoms with E-state index in [1.54, 1.807) is 19.1 Å². The molecule has 21 heavy (non-hydrogen) atoms. The molecule has 2 rings (SSSR count). The highest BCUT2D eigenvalue weighted by Crippen LogP contribution is 2.22. The fraction of sp³-hybridized carbons (Fsp3) is 0.562. The molecule has 0 aliphatic carbocycles. The van der Waals surface area contributed by atoms with Gasteiger partial charge < -0.3 is 10.2 Å². The Morgan fingerprint density at radius 3 is 2.62 bits per heavy atom. The molecular formula is C16H24ClFN2O. The van der Waals surface area contributed by atoms with Gasteiger partial charge in [0.1, 0.15) is 5.82 Å². The van der Waals surface area contributed by atoms with E-state index < -0.39 is 0 Å². The normalized spacial score (nSPS) is 15.7. The van der Waals surface area contributed by atoms with Crippen LogP contribution in [0.1, 0.15) is 35.2 Å². The average molecular weight is 315 g/mol. The molecule has 5 heteroatoms. The molecule has 0 aromatic heterocycles. The molecular weight excluding hydrogens is 291 g/mol. The minimum Gasteiger partial charge on any atom is -0.339 e. The quantitative estimate of drug-likeness (QED) is 0.926. The van der Waals surface area contributed by atoms with Crippen LogP contribution in [0.3, 0.4) is 0 Å². The van der Waals surface area contributed by atoms with E-state index in [9.17, 15) is 9.18 Å². The van der Waals surface area contributed by atoms with E-state index in [2.05, 4.69) is 5.32 Å². The monoisotopic (exact) mass is 314 g/mol. The van der Waals surface area contributed by atoms with Gasteiger partial charge in [-0.2, -0.15) is 0 Å².